The zero-order valence-electron chi connectivity index (χ0n) is 11.7. The van der Waals surface area contributed by atoms with Crippen molar-refractivity contribution >= 4 is 35.0 Å². The number of hydrogen-bond acceptors (Lipinski definition) is 4. The maximum Gasteiger partial charge on any atom is 0.282 e. The predicted molar refractivity (Wildman–Crippen MR) is 87.5 cm³/mol. The normalized spacial score (nSPS) is 10.3. The maximum absolute atomic E-state index is 12.2. The third kappa shape index (κ3) is 3.99. The summed E-state index contributed by atoms with van der Waals surface area (Å²) in [4.78, 5) is 23.5. The molecule has 114 valence electrons. The number of rotatable bonds is 5. The van der Waals surface area contributed by atoms with Crippen molar-refractivity contribution < 1.29 is 9.72 Å². The van der Waals surface area contributed by atoms with Crippen LogP contribution in [0.2, 0.25) is 5.02 Å². The Morgan fingerprint density at radius 3 is 2.73 bits per heavy atom. The Hall–Kier alpha value is -2.05. The van der Waals surface area contributed by atoms with Gasteiger partial charge in [-0.15, -0.1) is 11.8 Å². The summed E-state index contributed by atoms with van der Waals surface area (Å²) in [6.07, 6.45) is 1.84. The number of carbonyl (C=O) groups excluding carboxylic acids is 1. The topological polar surface area (TPSA) is 72.2 Å². The first kappa shape index (κ1) is 16.3. The molecule has 22 heavy (non-hydrogen) atoms. The number of nitrogens with one attached hydrogen (secondary N) is 1. The Morgan fingerprint density at radius 1 is 1.32 bits per heavy atom. The molecule has 0 bridgehead atoms. The third-order valence-corrected chi connectivity index (χ3v) is 3.95. The molecule has 0 spiro atoms. The van der Waals surface area contributed by atoms with Crippen LogP contribution in [0.15, 0.2) is 47.4 Å². The molecule has 0 aliphatic rings. The van der Waals surface area contributed by atoms with Gasteiger partial charge in [-0.3, -0.25) is 14.9 Å². The van der Waals surface area contributed by atoms with Crippen LogP contribution in [0.25, 0.3) is 0 Å². The zero-order chi connectivity index (χ0) is 16.1. The first-order valence-electron chi connectivity index (χ1n) is 6.36. The first-order chi connectivity index (χ1) is 10.5. The van der Waals surface area contributed by atoms with Gasteiger partial charge in [0, 0.05) is 22.5 Å². The molecule has 0 aromatic heterocycles. The van der Waals surface area contributed by atoms with Crippen LogP contribution in [0.5, 0.6) is 0 Å². The number of hydrogen-bond donors (Lipinski definition) is 1. The number of benzene rings is 2. The van der Waals surface area contributed by atoms with E-state index >= 15 is 0 Å². The van der Waals surface area contributed by atoms with Crippen LogP contribution in [0.1, 0.15) is 15.9 Å². The third-order valence-electron chi connectivity index (χ3n) is 2.99. The van der Waals surface area contributed by atoms with Crippen molar-refractivity contribution in [3.8, 4) is 0 Å². The molecule has 2 aromatic rings. The van der Waals surface area contributed by atoms with E-state index in [1.54, 1.807) is 24.3 Å². The molecule has 0 saturated heterocycles. The number of carbonyl (C=O) groups is 1. The fourth-order valence-corrected chi connectivity index (χ4v) is 2.56. The van der Waals surface area contributed by atoms with E-state index in [4.69, 9.17) is 11.6 Å². The summed E-state index contributed by atoms with van der Waals surface area (Å²) >= 11 is 7.30. The van der Waals surface area contributed by atoms with Gasteiger partial charge in [0.2, 0.25) is 0 Å². The zero-order valence-corrected chi connectivity index (χ0v) is 13.3. The predicted octanol–water partition coefficient (Wildman–Crippen LogP) is 3.90. The van der Waals surface area contributed by atoms with Gasteiger partial charge in [0.1, 0.15) is 5.56 Å². The lowest BCUT2D eigenvalue weighted by molar-refractivity contribution is -0.385. The van der Waals surface area contributed by atoms with Crippen molar-refractivity contribution in [2.24, 2.45) is 0 Å². The Morgan fingerprint density at radius 2 is 2.09 bits per heavy atom. The molecule has 0 atom stereocenters. The van der Waals surface area contributed by atoms with Crippen molar-refractivity contribution in [3.05, 3.63) is 68.7 Å². The molecular weight excluding hydrogens is 324 g/mol. The molecule has 1 N–H and O–H groups in total. The second-order valence-electron chi connectivity index (χ2n) is 4.45. The summed E-state index contributed by atoms with van der Waals surface area (Å²) in [5, 5.41) is 14.3. The molecule has 2 aromatic carbocycles. The Bertz CT molecular complexity index is 722. The van der Waals surface area contributed by atoms with E-state index in [0.717, 1.165) is 10.5 Å². The van der Waals surface area contributed by atoms with Gasteiger partial charge in [-0.05, 0) is 36.1 Å². The molecule has 0 heterocycles. The minimum Gasteiger partial charge on any atom is -0.348 e. The van der Waals surface area contributed by atoms with E-state index in [1.165, 1.54) is 23.9 Å². The van der Waals surface area contributed by atoms with Crippen molar-refractivity contribution in [2.75, 3.05) is 6.26 Å². The van der Waals surface area contributed by atoms with Crippen molar-refractivity contribution in [1.82, 2.24) is 5.32 Å². The van der Waals surface area contributed by atoms with Gasteiger partial charge < -0.3 is 5.32 Å². The molecule has 2 rings (SSSR count). The highest BCUT2D eigenvalue weighted by molar-refractivity contribution is 7.98. The SMILES string of the molecule is CSc1ccc([N+](=O)[O-])c(C(=O)NCc2cccc(Cl)c2)c1. The second kappa shape index (κ2) is 7.29. The summed E-state index contributed by atoms with van der Waals surface area (Å²) in [5.74, 6) is -0.484. The monoisotopic (exact) mass is 336 g/mol. The second-order valence-corrected chi connectivity index (χ2v) is 5.77. The van der Waals surface area contributed by atoms with Crippen LogP contribution in [-0.4, -0.2) is 17.1 Å². The molecular formula is C15H13ClN2O3S. The highest BCUT2D eigenvalue weighted by Gasteiger charge is 2.20. The fraction of sp³-hybridized carbons (Fsp3) is 0.133. The summed E-state index contributed by atoms with van der Waals surface area (Å²) in [6, 6.07) is 11.6. The molecule has 0 aliphatic heterocycles. The number of nitro benzene ring substituents is 1. The quantitative estimate of drug-likeness (QED) is 0.510. The van der Waals surface area contributed by atoms with E-state index in [-0.39, 0.29) is 17.8 Å². The number of nitro groups is 1. The number of thioether (sulfide) groups is 1. The standard InChI is InChI=1S/C15H13ClN2O3S/c1-22-12-5-6-14(18(20)21)13(8-12)15(19)17-9-10-3-2-4-11(16)7-10/h2-8H,9H2,1H3,(H,17,19). The Balaban J connectivity index is 2.19. The molecule has 0 saturated carbocycles. The smallest absolute Gasteiger partial charge is 0.282 e. The minimum atomic E-state index is -0.557. The number of nitrogens with zero attached hydrogens (tertiary/aromatic N) is 1. The van der Waals surface area contributed by atoms with Gasteiger partial charge >= 0.3 is 0 Å². The lowest BCUT2D eigenvalue weighted by Gasteiger charge is -2.07. The summed E-state index contributed by atoms with van der Waals surface area (Å²) < 4.78 is 0. The van der Waals surface area contributed by atoms with Gasteiger partial charge in [0.05, 0.1) is 4.92 Å². The van der Waals surface area contributed by atoms with Crippen LogP contribution >= 0.6 is 23.4 Å². The minimum absolute atomic E-state index is 0.0545. The molecule has 0 unspecified atom stereocenters. The van der Waals surface area contributed by atoms with Crippen LogP contribution < -0.4 is 5.32 Å². The van der Waals surface area contributed by atoms with Gasteiger partial charge in [-0.2, -0.15) is 0 Å². The summed E-state index contributed by atoms with van der Waals surface area (Å²) in [5.41, 5.74) is 0.671. The van der Waals surface area contributed by atoms with Crippen LogP contribution in [0.3, 0.4) is 0 Å². The fourth-order valence-electron chi connectivity index (χ4n) is 1.91. The molecule has 5 nitrogen and oxygen atoms in total. The average molecular weight is 337 g/mol. The lowest BCUT2D eigenvalue weighted by Crippen LogP contribution is -2.23. The molecule has 0 aliphatic carbocycles. The average Bonchev–Trinajstić information content (AvgIpc) is 2.52. The van der Waals surface area contributed by atoms with E-state index in [0.29, 0.717) is 5.02 Å². The van der Waals surface area contributed by atoms with Crippen molar-refractivity contribution in [3.63, 3.8) is 0 Å². The Kier molecular flexibility index (Phi) is 5.41. The molecule has 0 fully saturated rings. The van der Waals surface area contributed by atoms with Crippen molar-refractivity contribution in [2.45, 2.75) is 11.4 Å². The van der Waals surface area contributed by atoms with E-state index in [9.17, 15) is 14.9 Å². The largest absolute Gasteiger partial charge is 0.348 e. The van der Waals surface area contributed by atoms with Gasteiger partial charge in [-0.1, -0.05) is 23.7 Å². The van der Waals surface area contributed by atoms with Gasteiger partial charge in [0.25, 0.3) is 11.6 Å². The van der Waals surface area contributed by atoms with Crippen LogP contribution in [-0.2, 0) is 6.54 Å². The Labute approximate surface area is 136 Å². The van der Waals surface area contributed by atoms with E-state index in [2.05, 4.69) is 5.32 Å². The molecule has 0 radical (unpaired) electrons. The summed E-state index contributed by atoms with van der Waals surface area (Å²) in [6.45, 7) is 0.250. The highest BCUT2D eigenvalue weighted by atomic mass is 35.5. The maximum atomic E-state index is 12.2. The lowest BCUT2D eigenvalue weighted by atomic mass is 10.1. The van der Waals surface area contributed by atoms with E-state index < -0.39 is 10.8 Å². The molecule has 7 heteroatoms. The summed E-state index contributed by atoms with van der Waals surface area (Å²) in [7, 11) is 0. The first-order valence-corrected chi connectivity index (χ1v) is 7.96. The van der Waals surface area contributed by atoms with Crippen molar-refractivity contribution in [1.29, 1.82) is 0 Å². The van der Waals surface area contributed by atoms with Crippen LogP contribution in [0, 0.1) is 10.1 Å². The van der Waals surface area contributed by atoms with Gasteiger partial charge in [0.15, 0.2) is 0 Å². The number of halogens is 1. The molecule has 1 amide bonds. The van der Waals surface area contributed by atoms with Crippen LogP contribution in [0.4, 0.5) is 5.69 Å². The highest BCUT2D eigenvalue weighted by Crippen LogP contribution is 2.24. The van der Waals surface area contributed by atoms with E-state index in [1.807, 2.05) is 12.3 Å². The number of amides is 1. The van der Waals surface area contributed by atoms with Gasteiger partial charge in [-0.25, -0.2) is 0 Å².